The Kier molecular flexibility index (Phi) is 5.36. The van der Waals surface area contributed by atoms with E-state index in [1.54, 1.807) is 7.11 Å². The van der Waals surface area contributed by atoms with Gasteiger partial charge in [0, 0.05) is 22.3 Å². The fourth-order valence-electron chi connectivity index (χ4n) is 2.97. The van der Waals surface area contributed by atoms with Crippen molar-refractivity contribution in [3.8, 4) is 17.0 Å². The predicted molar refractivity (Wildman–Crippen MR) is 101 cm³/mol. The number of hydrogen-bond acceptors (Lipinski definition) is 2. The lowest BCUT2D eigenvalue weighted by atomic mass is 10.1. The molecule has 0 aliphatic heterocycles. The zero-order chi connectivity index (χ0) is 16.9. The molecule has 3 aromatic rings. The van der Waals surface area contributed by atoms with E-state index in [2.05, 4.69) is 68.8 Å². The second-order valence-corrected chi connectivity index (χ2v) is 6.57. The highest BCUT2D eigenvalue weighted by molar-refractivity contribution is 9.10. The van der Waals surface area contributed by atoms with Crippen LogP contribution in [-0.4, -0.2) is 16.7 Å². The van der Waals surface area contributed by atoms with Crippen LogP contribution in [0.4, 0.5) is 0 Å². The van der Waals surface area contributed by atoms with E-state index < -0.39 is 0 Å². The average molecular weight is 385 g/mol. The van der Waals surface area contributed by atoms with Crippen molar-refractivity contribution in [2.45, 2.75) is 26.3 Å². The maximum absolute atomic E-state index is 5.45. The molecule has 0 radical (unpaired) electrons. The van der Waals surface area contributed by atoms with E-state index in [1.807, 2.05) is 18.5 Å². The van der Waals surface area contributed by atoms with Crippen molar-refractivity contribution in [1.29, 1.82) is 0 Å². The summed E-state index contributed by atoms with van der Waals surface area (Å²) in [4.78, 5) is 4.66. The molecule has 0 unspecified atom stereocenters. The smallest absolute Gasteiger partial charge is 0.122 e. The van der Waals surface area contributed by atoms with Gasteiger partial charge in [0.25, 0.3) is 0 Å². The van der Waals surface area contributed by atoms with Crippen LogP contribution in [0.15, 0.2) is 59.3 Å². The molecule has 3 nitrogen and oxygen atoms in total. The van der Waals surface area contributed by atoms with Gasteiger partial charge in [0.15, 0.2) is 0 Å². The number of para-hydroxylation sites is 1. The largest absolute Gasteiger partial charge is 0.496 e. The van der Waals surface area contributed by atoms with Crippen LogP contribution in [0, 0.1) is 0 Å². The van der Waals surface area contributed by atoms with Crippen molar-refractivity contribution in [3.05, 3.63) is 70.6 Å². The first-order valence-corrected chi connectivity index (χ1v) is 8.94. The number of methoxy groups -OCH3 is 1. The van der Waals surface area contributed by atoms with Crippen molar-refractivity contribution in [3.63, 3.8) is 0 Å². The van der Waals surface area contributed by atoms with Gasteiger partial charge in [0.2, 0.25) is 0 Å². The van der Waals surface area contributed by atoms with Crippen LogP contribution in [0.5, 0.6) is 5.75 Å². The van der Waals surface area contributed by atoms with E-state index in [0.717, 1.165) is 40.9 Å². The summed E-state index contributed by atoms with van der Waals surface area (Å²) in [6.45, 7) is 3.08. The van der Waals surface area contributed by atoms with Gasteiger partial charge in [0.1, 0.15) is 5.75 Å². The zero-order valence-corrected chi connectivity index (χ0v) is 15.6. The monoisotopic (exact) mass is 384 g/mol. The Hall–Kier alpha value is -2.07. The quantitative estimate of drug-likeness (QED) is 0.589. The summed E-state index contributed by atoms with van der Waals surface area (Å²) in [6.07, 6.45) is 3.83. The van der Waals surface area contributed by atoms with E-state index >= 15 is 0 Å². The first-order valence-electron chi connectivity index (χ1n) is 8.14. The molecule has 0 atom stereocenters. The van der Waals surface area contributed by atoms with Gasteiger partial charge in [0.05, 0.1) is 19.1 Å². The van der Waals surface area contributed by atoms with E-state index in [0.29, 0.717) is 0 Å². The lowest BCUT2D eigenvalue weighted by Crippen LogP contribution is -2.05. The molecular weight excluding hydrogens is 364 g/mol. The number of rotatable bonds is 6. The zero-order valence-electron chi connectivity index (χ0n) is 14.0. The number of imidazole rings is 1. The molecule has 124 valence electrons. The molecule has 0 spiro atoms. The standard InChI is InChI=1S/C20H21BrN2O/c1-3-18-20(16-8-10-17(21)11-9-16)22-14-23(18)13-12-15-6-4-5-7-19(15)24-2/h4-11,14H,3,12-13H2,1-2H3. The van der Waals surface area contributed by atoms with E-state index in [4.69, 9.17) is 4.74 Å². The van der Waals surface area contributed by atoms with Crippen LogP contribution in [0.1, 0.15) is 18.2 Å². The highest BCUT2D eigenvalue weighted by Gasteiger charge is 2.12. The fourth-order valence-corrected chi connectivity index (χ4v) is 3.23. The molecule has 0 aliphatic rings. The molecule has 1 aromatic heterocycles. The number of hydrogen-bond donors (Lipinski definition) is 0. The third-order valence-corrected chi connectivity index (χ3v) is 4.74. The Bertz CT molecular complexity index is 809. The molecule has 0 bridgehead atoms. The molecule has 0 fully saturated rings. The van der Waals surface area contributed by atoms with Crippen molar-refractivity contribution in [2.75, 3.05) is 7.11 Å². The van der Waals surface area contributed by atoms with E-state index in [-0.39, 0.29) is 0 Å². The minimum atomic E-state index is 0.896. The average Bonchev–Trinajstić information content (AvgIpc) is 3.03. The summed E-state index contributed by atoms with van der Waals surface area (Å²) in [7, 11) is 1.72. The van der Waals surface area contributed by atoms with Crippen LogP contribution < -0.4 is 4.74 Å². The summed E-state index contributed by atoms with van der Waals surface area (Å²) < 4.78 is 8.78. The summed E-state index contributed by atoms with van der Waals surface area (Å²) in [5.74, 6) is 0.948. The van der Waals surface area contributed by atoms with Crippen LogP contribution in [0.3, 0.4) is 0 Å². The summed E-state index contributed by atoms with van der Waals surface area (Å²) >= 11 is 3.49. The minimum Gasteiger partial charge on any atom is -0.496 e. The molecule has 0 amide bonds. The Labute approximate surface area is 151 Å². The summed E-state index contributed by atoms with van der Waals surface area (Å²) in [5.41, 5.74) is 4.73. The van der Waals surface area contributed by atoms with E-state index in [1.165, 1.54) is 11.3 Å². The highest BCUT2D eigenvalue weighted by atomic mass is 79.9. The Morgan fingerprint density at radius 2 is 1.83 bits per heavy atom. The maximum Gasteiger partial charge on any atom is 0.122 e. The summed E-state index contributed by atoms with van der Waals surface area (Å²) in [5, 5.41) is 0. The number of nitrogens with zero attached hydrogens (tertiary/aromatic N) is 2. The number of halogens is 1. The third-order valence-electron chi connectivity index (χ3n) is 4.21. The van der Waals surface area contributed by atoms with Crippen molar-refractivity contribution < 1.29 is 4.74 Å². The molecule has 2 aromatic carbocycles. The topological polar surface area (TPSA) is 27.1 Å². The van der Waals surface area contributed by atoms with Gasteiger partial charge in [-0.15, -0.1) is 0 Å². The van der Waals surface area contributed by atoms with Crippen LogP contribution in [0.2, 0.25) is 0 Å². The first-order chi connectivity index (χ1) is 11.7. The second kappa shape index (κ2) is 7.67. The Morgan fingerprint density at radius 3 is 2.54 bits per heavy atom. The Morgan fingerprint density at radius 1 is 1.08 bits per heavy atom. The first kappa shape index (κ1) is 16.8. The van der Waals surface area contributed by atoms with Crippen molar-refractivity contribution in [2.24, 2.45) is 0 Å². The minimum absolute atomic E-state index is 0.896. The van der Waals surface area contributed by atoms with Gasteiger partial charge in [-0.05, 0) is 36.6 Å². The third kappa shape index (κ3) is 3.54. The number of aromatic nitrogens is 2. The molecule has 0 saturated heterocycles. The van der Waals surface area contributed by atoms with Crippen molar-refractivity contribution >= 4 is 15.9 Å². The van der Waals surface area contributed by atoms with Gasteiger partial charge in [-0.1, -0.05) is 53.2 Å². The molecule has 1 heterocycles. The van der Waals surface area contributed by atoms with Gasteiger partial charge < -0.3 is 9.30 Å². The molecule has 4 heteroatoms. The second-order valence-electron chi connectivity index (χ2n) is 5.66. The molecule has 0 aliphatic carbocycles. The Balaban J connectivity index is 1.83. The molecular formula is C20H21BrN2O. The lowest BCUT2D eigenvalue weighted by molar-refractivity contribution is 0.408. The highest BCUT2D eigenvalue weighted by Crippen LogP contribution is 2.25. The summed E-state index contributed by atoms with van der Waals surface area (Å²) in [6, 6.07) is 16.5. The predicted octanol–water partition coefficient (Wildman–Crippen LogP) is 5.13. The van der Waals surface area contributed by atoms with Gasteiger partial charge in [-0.2, -0.15) is 0 Å². The molecule has 24 heavy (non-hydrogen) atoms. The molecule has 0 saturated carbocycles. The molecule has 3 rings (SSSR count). The fraction of sp³-hybridized carbons (Fsp3) is 0.250. The number of ether oxygens (including phenoxy) is 1. The van der Waals surface area contributed by atoms with Crippen molar-refractivity contribution in [1.82, 2.24) is 9.55 Å². The van der Waals surface area contributed by atoms with E-state index in [9.17, 15) is 0 Å². The molecule has 0 N–H and O–H groups in total. The maximum atomic E-state index is 5.45. The van der Waals surface area contributed by atoms with Crippen LogP contribution >= 0.6 is 15.9 Å². The number of aryl methyl sites for hydroxylation is 2. The van der Waals surface area contributed by atoms with Gasteiger partial charge in [-0.25, -0.2) is 4.98 Å². The van der Waals surface area contributed by atoms with Gasteiger partial charge >= 0.3 is 0 Å². The van der Waals surface area contributed by atoms with Crippen LogP contribution in [0.25, 0.3) is 11.3 Å². The van der Waals surface area contributed by atoms with Crippen LogP contribution in [-0.2, 0) is 19.4 Å². The lowest BCUT2D eigenvalue weighted by Gasteiger charge is -2.11. The number of benzene rings is 2. The normalized spacial score (nSPS) is 10.8. The van der Waals surface area contributed by atoms with Gasteiger partial charge in [-0.3, -0.25) is 0 Å². The SMILES string of the molecule is CCc1c(-c2ccc(Br)cc2)ncn1CCc1ccccc1OC.